The van der Waals surface area contributed by atoms with Gasteiger partial charge in [-0.15, -0.1) is 0 Å². The Balaban J connectivity index is 2.77. The van der Waals surface area contributed by atoms with Gasteiger partial charge in [0.25, 0.3) is 0 Å². The number of anilines is 2. The van der Waals surface area contributed by atoms with E-state index in [4.69, 9.17) is 16.9 Å². The summed E-state index contributed by atoms with van der Waals surface area (Å²) in [4.78, 5) is 2.06. The van der Waals surface area contributed by atoms with Crippen LogP contribution in [-0.2, 0) is 0 Å². The molecule has 3 nitrogen and oxygen atoms in total. The van der Waals surface area contributed by atoms with Crippen molar-refractivity contribution in [3.8, 4) is 6.07 Å². The lowest BCUT2D eigenvalue weighted by atomic mass is 9.88. The molecule has 0 aromatic heterocycles. The molecule has 1 N–H and O–H groups in total. The molecule has 0 bridgehead atoms. The lowest BCUT2D eigenvalue weighted by Crippen LogP contribution is -2.24. The molecular formula is C15H22ClN3. The second-order valence-corrected chi connectivity index (χ2v) is 6.17. The van der Waals surface area contributed by atoms with Crippen LogP contribution in [0.15, 0.2) is 18.2 Å². The number of hydrogen-bond acceptors (Lipinski definition) is 3. The molecule has 1 aromatic rings. The van der Waals surface area contributed by atoms with E-state index in [0.29, 0.717) is 6.42 Å². The van der Waals surface area contributed by atoms with Gasteiger partial charge in [-0.1, -0.05) is 25.4 Å². The van der Waals surface area contributed by atoms with Crippen molar-refractivity contribution in [2.24, 2.45) is 5.41 Å². The third-order valence-corrected chi connectivity index (χ3v) is 3.35. The Bertz CT molecular complexity index is 461. The predicted molar refractivity (Wildman–Crippen MR) is 82.9 cm³/mol. The zero-order valence-corrected chi connectivity index (χ0v) is 12.9. The van der Waals surface area contributed by atoms with Crippen LogP contribution >= 0.6 is 11.6 Å². The van der Waals surface area contributed by atoms with Crippen LogP contribution in [0.3, 0.4) is 0 Å². The number of hydrogen-bond donors (Lipinski definition) is 1. The molecule has 0 unspecified atom stereocenters. The molecule has 0 amide bonds. The molecule has 0 radical (unpaired) electrons. The first-order valence-electron chi connectivity index (χ1n) is 6.43. The summed E-state index contributed by atoms with van der Waals surface area (Å²) in [5.41, 5.74) is 2.23. The summed E-state index contributed by atoms with van der Waals surface area (Å²) in [6, 6.07) is 8.04. The number of nitrogens with zero attached hydrogens (tertiary/aromatic N) is 2. The predicted octanol–water partition coefficient (Wildman–Crippen LogP) is 4.15. The van der Waals surface area contributed by atoms with E-state index in [0.717, 1.165) is 29.4 Å². The van der Waals surface area contributed by atoms with Crippen LogP contribution in [0.25, 0.3) is 0 Å². The first-order chi connectivity index (χ1) is 8.85. The van der Waals surface area contributed by atoms with E-state index >= 15 is 0 Å². The molecule has 19 heavy (non-hydrogen) atoms. The molecular weight excluding hydrogens is 258 g/mol. The number of benzene rings is 1. The molecule has 4 heteroatoms. The number of nitrogens with one attached hydrogen (secondary N) is 1. The minimum absolute atomic E-state index is 0.0850. The third-order valence-electron chi connectivity index (χ3n) is 3.11. The zero-order valence-electron chi connectivity index (χ0n) is 12.1. The first-order valence-corrected chi connectivity index (χ1v) is 6.81. The summed E-state index contributed by atoms with van der Waals surface area (Å²) in [6.45, 7) is 5.14. The molecule has 1 rings (SSSR count). The quantitative estimate of drug-likeness (QED) is 0.850. The molecule has 0 heterocycles. The van der Waals surface area contributed by atoms with E-state index in [9.17, 15) is 0 Å². The van der Waals surface area contributed by atoms with Gasteiger partial charge in [0.05, 0.1) is 17.4 Å². The van der Waals surface area contributed by atoms with Crippen LogP contribution in [-0.4, -0.2) is 20.6 Å². The average Bonchev–Trinajstić information content (AvgIpc) is 2.34. The van der Waals surface area contributed by atoms with Gasteiger partial charge in [-0.25, -0.2) is 0 Å². The summed E-state index contributed by atoms with van der Waals surface area (Å²) in [7, 11) is 4.02. The highest BCUT2D eigenvalue weighted by Gasteiger charge is 2.18. The van der Waals surface area contributed by atoms with E-state index in [2.05, 4.69) is 30.1 Å². The van der Waals surface area contributed by atoms with Crippen molar-refractivity contribution >= 4 is 23.0 Å². The van der Waals surface area contributed by atoms with Crippen molar-refractivity contribution in [3.05, 3.63) is 23.2 Å². The molecule has 0 saturated heterocycles. The van der Waals surface area contributed by atoms with Crippen molar-refractivity contribution in [1.29, 1.82) is 5.26 Å². The topological polar surface area (TPSA) is 39.1 Å². The molecule has 0 atom stereocenters. The summed E-state index contributed by atoms with van der Waals surface area (Å²) < 4.78 is 0. The lowest BCUT2D eigenvalue weighted by Gasteiger charge is -2.26. The summed E-state index contributed by atoms with van der Waals surface area (Å²) in [5, 5.41) is 12.8. The Kier molecular flexibility index (Phi) is 5.50. The van der Waals surface area contributed by atoms with Gasteiger partial charge in [0, 0.05) is 32.1 Å². The Morgan fingerprint density at radius 3 is 2.63 bits per heavy atom. The van der Waals surface area contributed by atoms with Crippen molar-refractivity contribution in [3.63, 3.8) is 0 Å². The molecule has 0 aliphatic carbocycles. The maximum atomic E-state index is 8.67. The number of halogens is 1. The van der Waals surface area contributed by atoms with E-state index in [1.165, 1.54) is 0 Å². The lowest BCUT2D eigenvalue weighted by molar-refractivity contribution is 0.364. The Hall–Kier alpha value is -1.40. The number of nitriles is 1. The first kappa shape index (κ1) is 15.7. The molecule has 0 aliphatic rings. The fraction of sp³-hybridized carbons (Fsp3) is 0.533. The van der Waals surface area contributed by atoms with Gasteiger partial charge in [-0.3, -0.25) is 0 Å². The van der Waals surface area contributed by atoms with Crippen LogP contribution in [0, 0.1) is 16.7 Å². The van der Waals surface area contributed by atoms with Crippen LogP contribution < -0.4 is 10.2 Å². The third kappa shape index (κ3) is 5.00. The van der Waals surface area contributed by atoms with Gasteiger partial charge in [0.2, 0.25) is 0 Å². The molecule has 0 saturated carbocycles. The Morgan fingerprint density at radius 2 is 2.05 bits per heavy atom. The number of rotatable bonds is 6. The second-order valence-electron chi connectivity index (χ2n) is 5.73. The van der Waals surface area contributed by atoms with Gasteiger partial charge < -0.3 is 10.2 Å². The maximum absolute atomic E-state index is 8.67. The zero-order chi connectivity index (χ0) is 14.5. The smallest absolute Gasteiger partial charge is 0.0621 e. The highest BCUT2D eigenvalue weighted by atomic mass is 35.5. The van der Waals surface area contributed by atoms with E-state index < -0.39 is 0 Å². The van der Waals surface area contributed by atoms with Crippen LogP contribution in [0.2, 0.25) is 5.02 Å². The molecule has 0 spiro atoms. The van der Waals surface area contributed by atoms with Gasteiger partial charge in [-0.05, 0) is 30.0 Å². The Morgan fingerprint density at radius 1 is 1.37 bits per heavy atom. The van der Waals surface area contributed by atoms with Crippen LogP contribution in [0.1, 0.15) is 26.7 Å². The monoisotopic (exact) mass is 279 g/mol. The maximum Gasteiger partial charge on any atom is 0.0621 e. The van der Waals surface area contributed by atoms with Crippen molar-refractivity contribution in [1.82, 2.24) is 0 Å². The van der Waals surface area contributed by atoms with Crippen LogP contribution in [0.5, 0.6) is 0 Å². The minimum atomic E-state index is 0.0850. The molecule has 1 aromatic carbocycles. The average molecular weight is 280 g/mol. The van der Waals surface area contributed by atoms with Gasteiger partial charge >= 0.3 is 0 Å². The van der Waals surface area contributed by atoms with Gasteiger partial charge in [-0.2, -0.15) is 5.26 Å². The van der Waals surface area contributed by atoms with Gasteiger partial charge in [0.15, 0.2) is 0 Å². The normalized spacial score (nSPS) is 10.9. The van der Waals surface area contributed by atoms with E-state index in [-0.39, 0.29) is 5.41 Å². The highest BCUT2D eigenvalue weighted by Crippen LogP contribution is 2.30. The SMILES string of the molecule is CN(C)c1ccc(Cl)cc1NCC(C)(C)CCC#N. The summed E-state index contributed by atoms with van der Waals surface area (Å²) >= 11 is 6.05. The largest absolute Gasteiger partial charge is 0.383 e. The molecule has 0 aliphatic heterocycles. The Labute approximate surface area is 121 Å². The fourth-order valence-electron chi connectivity index (χ4n) is 1.86. The van der Waals surface area contributed by atoms with Crippen molar-refractivity contribution in [2.45, 2.75) is 26.7 Å². The van der Waals surface area contributed by atoms with E-state index in [1.807, 2.05) is 32.3 Å². The van der Waals surface area contributed by atoms with Crippen molar-refractivity contribution in [2.75, 3.05) is 30.9 Å². The summed E-state index contributed by atoms with van der Waals surface area (Å²) in [5.74, 6) is 0. The highest BCUT2D eigenvalue weighted by molar-refractivity contribution is 6.31. The van der Waals surface area contributed by atoms with E-state index in [1.54, 1.807) is 0 Å². The van der Waals surface area contributed by atoms with Crippen molar-refractivity contribution < 1.29 is 0 Å². The molecule has 0 fully saturated rings. The van der Waals surface area contributed by atoms with Gasteiger partial charge in [0.1, 0.15) is 0 Å². The standard InChI is InChI=1S/C15H22ClN3/c1-15(2,8-5-9-17)11-18-13-10-12(16)6-7-14(13)19(3)4/h6-7,10,18H,5,8,11H2,1-4H3. The molecule has 104 valence electrons. The van der Waals surface area contributed by atoms with Crippen LogP contribution in [0.4, 0.5) is 11.4 Å². The summed E-state index contributed by atoms with van der Waals surface area (Å²) in [6.07, 6.45) is 1.47. The second kappa shape index (κ2) is 6.68. The fourth-order valence-corrected chi connectivity index (χ4v) is 2.03. The minimum Gasteiger partial charge on any atom is -0.383 e.